The van der Waals surface area contributed by atoms with Crippen LogP contribution in [-0.2, 0) is 6.61 Å². The molecule has 0 radical (unpaired) electrons. The fraction of sp³-hybridized carbons (Fsp3) is 0.133. The zero-order chi connectivity index (χ0) is 13.0. The molecule has 0 amide bonds. The Morgan fingerprint density at radius 1 is 1.11 bits per heavy atom. The van der Waals surface area contributed by atoms with E-state index < -0.39 is 0 Å². The van der Waals surface area contributed by atoms with Gasteiger partial charge in [-0.25, -0.2) is 0 Å². The highest BCUT2D eigenvalue weighted by atomic mass is 35.5. The maximum atomic E-state index is 11.5. The van der Waals surface area contributed by atoms with Gasteiger partial charge in [-0.2, -0.15) is 0 Å². The van der Waals surface area contributed by atoms with Gasteiger partial charge in [0.2, 0.25) is 0 Å². The predicted octanol–water partition coefficient (Wildman–Crippen LogP) is 4.12. The van der Waals surface area contributed by atoms with Crippen LogP contribution in [0.15, 0.2) is 48.5 Å². The van der Waals surface area contributed by atoms with Crippen molar-refractivity contribution in [3.05, 3.63) is 64.7 Å². The Kier molecular flexibility index (Phi) is 4.00. The topological polar surface area (TPSA) is 26.3 Å². The molecule has 3 heteroatoms. The lowest BCUT2D eigenvalue weighted by Gasteiger charge is -2.10. The number of halogens is 1. The standard InChI is InChI=1S/C15H13ClO2/c1-11(17)15-13(16)8-5-9-14(15)18-10-12-6-3-2-4-7-12/h2-9H,10H2,1H3. The summed E-state index contributed by atoms with van der Waals surface area (Å²) in [7, 11) is 0. The summed E-state index contributed by atoms with van der Waals surface area (Å²) in [5.41, 5.74) is 1.49. The van der Waals surface area contributed by atoms with Crippen molar-refractivity contribution < 1.29 is 9.53 Å². The second-order valence-corrected chi connectivity index (χ2v) is 4.35. The zero-order valence-corrected chi connectivity index (χ0v) is 10.8. The SMILES string of the molecule is CC(=O)c1c(Cl)cccc1OCc1ccccc1. The minimum atomic E-state index is -0.0938. The first-order chi connectivity index (χ1) is 8.68. The molecule has 0 N–H and O–H groups in total. The molecule has 0 aliphatic heterocycles. The summed E-state index contributed by atoms with van der Waals surface area (Å²) >= 11 is 6.01. The summed E-state index contributed by atoms with van der Waals surface area (Å²) < 4.78 is 5.66. The van der Waals surface area contributed by atoms with Gasteiger partial charge < -0.3 is 4.74 Å². The molecule has 2 rings (SSSR count). The molecule has 0 atom stereocenters. The third-order valence-corrected chi connectivity index (χ3v) is 2.88. The molecule has 0 unspecified atom stereocenters. The smallest absolute Gasteiger partial charge is 0.165 e. The average Bonchev–Trinajstić information content (AvgIpc) is 2.37. The second kappa shape index (κ2) is 5.69. The predicted molar refractivity (Wildman–Crippen MR) is 72.2 cm³/mol. The van der Waals surface area contributed by atoms with E-state index in [-0.39, 0.29) is 5.78 Å². The Hall–Kier alpha value is -1.80. The minimum absolute atomic E-state index is 0.0938. The molecule has 0 spiro atoms. The highest BCUT2D eigenvalue weighted by Crippen LogP contribution is 2.27. The van der Waals surface area contributed by atoms with E-state index in [9.17, 15) is 4.79 Å². The van der Waals surface area contributed by atoms with E-state index in [0.29, 0.717) is 22.9 Å². The summed E-state index contributed by atoms with van der Waals surface area (Å²) in [5, 5.41) is 0.424. The van der Waals surface area contributed by atoms with Crippen molar-refractivity contribution in [3.63, 3.8) is 0 Å². The summed E-state index contributed by atoms with van der Waals surface area (Å²) in [5.74, 6) is 0.433. The zero-order valence-electron chi connectivity index (χ0n) is 10.0. The summed E-state index contributed by atoms with van der Waals surface area (Å²) in [6.45, 7) is 1.90. The maximum absolute atomic E-state index is 11.5. The van der Waals surface area contributed by atoms with Crippen molar-refractivity contribution in [3.8, 4) is 5.75 Å². The molecule has 92 valence electrons. The fourth-order valence-corrected chi connectivity index (χ4v) is 2.00. The van der Waals surface area contributed by atoms with Crippen LogP contribution in [0.2, 0.25) is 5.02 Å². The molecule has 0 bridgehead atoms. The van der Waals surface area contributed by atoms with E-state index in [4.69, 9.17) is 16.3 Å². The second-order valence-electron chi connectivity index (χ2n) is 3.94. The Bertz CT molecular complexity index is 550. The third kappa shape index (κ3) is 2.90. The van der Waals surface area contributed by atoms with Crippen LogP contribution in [0.25, 0.3) is 0 Å². The normalized spacial score (nSPS) is 10.1. The molecule has 18 heavy (non-hydrogen) atoms. The molecule has 2 nitrogen and oxygen atoms in total. The molecule has 0 saturated heterocycles. The quantitative estimate of drug-likeness (QED) is 0.773. The minimum Gasteiger partial charge on any atom is -0.488 e. The summed E-state index contributed by atoms with van der Waals surface area (Å²) in [4.78, 5) is 11.5. The van der Waals surface area contributed by atoms with Crippen molar-refractivity contribution in [1.29, 1.82) is 0 Å². The molecule has 0 aliphatic carbocycles. The fourth-order valence-electron chi connectivity index (χ4n) is 1.70. The van der Waals surface area contributed by atoms with Crippen LogP contribution in [0.4, 0.5) is 0 Å². The largest absolute Gasteiger partial charge is 0.488 e. The van der Waals surface area contributed by atoms with Crippen LogP contribution in [-0.4, -0.2) is 5.78 Å². The van der Waals surface area contributed by atoms with Gasteiger partial charge in [-0.3, -0.25) is 4.79 Å². The molecular formula is C15H13ClO2. The first-order valence-electron chi connectivity index (χ1n) is 5.64. The van der Waals surface area contributed by atoms with E-state index in [0.717, 1.165) is 5.56 Å². The van der Waals surface area contributed by atoms with Crippen molar-refractivity contribution in [1.82, 2.24) is 0 Å². The van der Waals surface area contributed by atoms with Gasteiger partial charge in [-0.15, -0.1) is 0 Å². The molecular weight excluding hydrogens is 248 g/mol. The molecule has 0 aromatic heterocycles. The van der Waals surface area contributed by atoms with Gasteiger partial charge in [0.1, 0.15) is 12.4 Å². The highest BCUT2D eigenvalue weighted by Gasteiger charge is 2.12. The van der Waals surface area contributed by atoms with Crippen molar-refractivity contribution in [2.75, 3.05) is 0 Å². The molecule has 0 saturated carbocycles. The number of ketones is 1. The third-order valence-electron chi connectivity index (χ3n) is 2.56. The van der Waals surface area contributed by atoms with E-state index >= 15 is 0 Å². The summed E-state index contributed by atoms with van der Waals surface area (Å²) in [6.07, 6.45) is 0. The van der Waals surface area contributed by atoms with Crippen molar-refractivity contribution >= 4 is 17.4 Å². The molecule has 2 aromatic rings. The van der Waals surface area contributed by atoms with Crippen molar-refractivity contribution in [2.24, 2.45) is 0 Å². The number of hydrogen-bond donors (Lipinski definition) is 0. The number of carbonyl (C=O) groups excluding carboxylic acids is 1. The van der Waals surface area contributed by atoms with E-state index in [1.165, 1.54) is 6.92 Å². The Morgan fingerprint density at radius 3 is 2.50 bits per heavy atom. The average molecular weight is 261 g/mol. The molecule has 0 fully saturated rings. The van der Waals surface area contributed by atoms with Gasteiger partial charge in [-0.05, 0) is 24.6 Å². The van der Waals surface area contributed by atoms with Crippen molar-refractivity contribution in [2.45, 2.75) is 13.5 Å². The monoisotopic (exact) mass is 260 g/mol. The van der Waals surface area contributed by atoms with Gasteiger partial charge in [0.25, 0.3) is 0 Å². The van der Waals surface area contributed by atoms with Crippen LogP contribution in [0, 0.1) is 0 Å². The number of ether oxygens (including phenoxy) is 1. The molecule has 0 heterocycles. The highest BCUT2D eigenvalue weighted by molar-refractivity contribution is 6.34. The molecule has 0 aliphatic rings. The number of rotatable bonds is 4. The van der Waals surface area contributed by atoms with E-state index in [2.05, 4.69) is 0 Å². The lowest BCUT2D eigenvalue weighted by molar-refractivity contribution is 0.101. The number of Topliss-reactive ketones (excluding diaryl/α,β-unsaturated/α-hetero) is 1. The van der Waals surface area contributed by atoms with E-state index in [1.807, 2.05) is 30.3 Å². The number of carbonyl (C=O) groups is 1. The molecule has 2 aromatic carbocycles. The number of hydrogen-bond acceptors (Lipinski definition) is 2. The Balaban J connectivity index is 2.20. The van der Waals surface area contributed by atoms with Gasteiger partial charge in [0, 0.05) is 0 Å². The van der Waals surface area contributed by atoms with Gasteiger partial charge >= 0.3 is 0 Å². The van der Waals surface area contributed by atoms with Gasteiger partial charge in [0.15, 0.2) is 5.78 Å². The van der Waals surface area contributed by atoms with Crippen LogP contribution < -0.4 is 4.74 Å². The Labute approximate surface area is 111 Å². The summed E-state index contributed by atoms with van der Waals surface area (Å²) in [6, 6.07) is 15.0. The van der Waals surface area contributed by atoms with Crippen LogP contribution in [0.5, 0.6) is 5.75 Å². The van der Waals surface area contributed by atoms with Crippen LogP contribution >= 0.6 is 11.6 Å². The first-order valence-corrected chi connectivity index (χ1v) is 6.02. The van der Waals surface area contributed by atoms with Crippen LogP contribution in [0.1, 0.15) is 22.8 Å². The van der Waals surface area contributed by atoms with Gasteiger partial charge in [0.05, 0.1) is 10.6 Å². The lowest BCUT2D eigenvalue weighted by atomic mass is 10.1. The van der Waals surface area contributed by atoms with Crippen LogP contribution in [0.3, 0.4) is 0 Å². The first kappa shape index (κ1) is 12.7. The van der Waals surface area contributed by atoms with Gasteiger partial charge in [-0.1, -0.05) is 48.0 Å². The maximum Gasteiger partial charge on any atom is 0.165 e. The lowest BCUT2D eigenvalue weighted by Crippen LogP contribution is -2.02. The Morgan fingerprint density at radius 2 is 1.83 bits per heavy atom. The number of benzene rings is 2. The van der Waals surface area contributed by atoms with E-state index in [1.54, 1.807) is 18.2 Å².